The maximum absolute atomic E-state index is 4.03. The molecule has 0 aromatic rings. The molecule has 0 amide bonds. The van der Waals surface area contributed by atoms with Gasteiger partial charge in [0.2, 0.25) is 0 Å². The van der Waals surface area contributed by atoms with E-state index in [0.717, 1.165) is 0 Å². The van der Waals surface area contributed by atoms with E-state index in [-0.39, 0.29) is 0 Å². The van der Waals surface area contributed by atoms with Crippen molar-refractivity contribution in [2.24, 2.45) is 0 Å². The molecule has 0 radical (unpaired) electrons. The first-order chi connectivity index (χ1) is 4.91. The van der Waals surface area contributed by atoms with Gasteiger partial charge in [-0.2, -0.15) is 0 Å². The molecule has 0 heterocycles. The Balaban J connectivity index is 2.77. The van der Waals surface area contributed by atoms with E-state index < -0.39 is 0 Å². The van der Waals surface area contributed by atoms with Gasteiger partial charge in [-0.25, -0.2) is 0 Å². The predicted octanol–water partition coefficient (Wildman–Crippen LogP) is 3.41. The molecule has 0 nitrogen and oxygen atoms in total. The molecule has 0 spiro atoms. The Kier molecular flexibility index (Phi) is 9.47. The minimum absolute atomic E-state index is 1.20. The predicted molar refractivity (Wildman–Crippen MR) is 42.5 cm³/mol. The van der Waals surface area contributed by atoms with Crippen molar-refractivity contribution in [1.29, 1.82) is 0 Å². The third kappa shape index (κ3) is 8.25. The maximum atomic E-state index is 4.03. The summed E-state index contributed by atoms with van der Waals surface area (Å²) in [5, 5.41) is 1.83. The standard InChI is InChI=1S/C9H17.Co/c1-3-5-7-9-8-6-4-2;/h1,3H,4-9H2,2H3;. The summed E-state index contributed by atoms with van der Waals surface area (Å²) in [5.41, 5.74) is 0. The second kappa shape index (κ2) is 9.25. The molecule has 0 aliphatic heterocycles. The van der Waals surface area contributed by atoms with Crippen LogP contribution in [0.25, 0.3) is 0 Å². The summed E-state index contributed by atoms with van der Waals surface area (Å²) in [7, 11) is 0. The Morgan fingerprint density at radius 3 is 2.40 bits per heavy atom. The zero-order chi connectivity index (χ0) is 7.66. The molecule has 10 heavy (non-hydrogen) atoms. The molecule has 0 N–H and O–H groups in total. The van der Waals surface area contributed by atoms with Crippen molar-refractivity contribution in [3.8, 4) is 0 Å². The molecule has 0 fully saturated rings. The van der Waals surface area contributed by atoms with Crippen LogP contribution < -0.4 is 0 Å². The van der Waals surface area contributed by atoms with Crippen molar-refractivity contribution in [3.05, 3.63) is 11.1 Å². The van der Waals surface area contributed by atoms with E-state index in [4.69, 9.17) is 0 Å². The van der Waals surface area contributed by atoms with Gasteiger partial charge in [-0.05, 0) is 0 Å². The average Bonchev–Trinajstić information content (AvgIpc) is 1.97. The molecule has 0 aromatic heterocycles. The van der Waals surface area contributed by atoms with Crippen LogP contribution in [0.5, 0.6) is 0 Å². The first-order valence-corrected chi connectivity index (χ1v) is 4.74. The quantitative estimate of drug-likeness (QED) is 0.555. The fourth-order valence-corrected chi connectivity index (χ4v) is 1.09. The molecule has 0 saturated heterocycles. The van der Waals surface area contributed by atoms with Crippen LogP contribution in [-0.2, 0) is 15.7 Å². The van der Waals surface area contributed by atoms with E-state index >= 15 is 0 Å². The molecule has 1 heteroatoms. The van der Waals surface area contributed by atoms with Gasteiger partial charge in [-0.3, -0.25) is 0 Å². The van der Waals surface area contributed by atoms with Crippen molar-refractivity contribution >= 4 is 0 Å². The molecule has 0 unspecified atom stereocenters. The molecule has 0 rings (SSSR count). The average molecular weight is 184 g/mol. The van der Waals surface area contributed by atoms with Crippen LogP contribution >= 0.6 is 0 Å². The Morgan fingerprint density at radius 1 is 1.10 bits per heavy atom. The number of hydrogen-bond acceptors (Lipinski definition) is 0. The monoisotopic (exact) mass is 184 g/mol. The van der Waals surface area contributed by atoms with Gasteiger partial charge in [0.05, 0.1) is 0 Å². The Hall–Kier alpha value is 0.246. The van der Waals surface area contributed by atoms with Crippen LogP contribution in [0.1, 0.15) is 45.4 Å². The summed E-state index contributed by atoms with van der Waals surface area (Å²) < 4.78 is 0. The van der Waals surface area contributed by atoms with E-state index in [1.54, 1.807) is 0 Å². The summed E-state index contributed by atoms with van der Waals surface area (Å²) in [5.74, 6) is 0. The summed E-state index contributed by atoms with van der Waals surface area (Å²) in [6.45, 7) is 2.24. The van der Waals surface area contributed by atoms with E-state index in [9.17, 15) is 0 Å². The Labute approximate surface area is 72.7 Å². The summed E-state index contributed by atoms with van der Waals surface area (Å²) in [4.78, 5) is 0. The van der Waals surface area contributed by atoms with E-state index in [1.165, 1.54) is 38.5 Å². The van der Waals surface area contributed by atoms with Crippen LogP contribution in [-0.4, -0.2) is 0 Å². The topological polar surface area (TPSA) is 0 Å². The Bertz CT molecular complexity index is 76.8. The Morgan fingerprint density at radius 2 is 1.80 bits per heavy atom. The van der Waals surface area contributed by atoms with E-state index in [1.807, 2.05) is 5.01 Å². The van der Waals surface area contributed by atoms with Crippen LogP contribution in [0.3, 0.4) is 0 Å². The van der Waals surface area contributed by atoms with Crippen LogP contribution in [0.4, 0.5) is 0 Å². The van der Waals surface area contributed by atoms with Gasteiger partial charge in [0.1, 0.15) is 0 Å². The van der Waals surface area contributed by atoms with Crippen molar-refractivity contribution in [1.82, 2.24) is 0 Å². The van der Waals surface area contributed by atoms with Crippen LogP contribution in [0.15, 0.2) is 11.1 Å². The molecule has 62 valence electrons. The molecule has 0 bridgehead atoms. The first kappa shape index (κ1) is 10.2. The summed E-state index contributed by atoms with van der Waals surface area (Å²) in [6.07, 6.45) is 10.2. The number of hydrogen-bond donors (Lipinski definition) is 0. The van der Waals surface area contributed by atoms with Gasteiger partial charge in [-0.15, -0.1) is 0 Å². The van der Waals surface area contributed by atoms with Gasteiger partial charge in [0, 0.05) is 0 Å². The van der Waals surface area contributed by atoms with Gasteiger partial charge in [0.25, 0.3) is 0 Å². The third-order valence-electron chi connectivity index (χ3n) is 1.55. The minimum atomic E-state index is 1.20. The van der Waals surface area contributed by atoms with Gasteiger partial charge < -0.3 is 0 Å². The van der Waals surface area contributed by atoms with Crippen LogP contribution in [0.2, 0.25) is 0 Å². The van der Waals surface area contributed by atoms with E-state index in [2.05, 4.69) is 28.7 Å². The number of rotatable bonds is 6. The molecule has 0 aliphatic rings. The van der Waals surface area contributed by atoms with Gasteiger partial charge in [0.15, 0.2) is 0 Å². The molecule has 0 atom stereocenters. The summed E-state index contributed by atoms with van der Waals surface area (Å²) in [6, 6.07) is 0. The molecular weight excluding hydrogens is 167 g/mol. The van der Waals surface area contributed by atoms with Crippen molar-refractivity contribution < 1.29 is 15.7 Å². The van der Waals surface area contributed by atoms with Crippen molar-refractivity contribution in [2.75, 3.05) is 0 Å². The fourth-order valence-electron chi connectivity index (χ4n) is 0.921. The molecule has 0 aromatic carbocycles. The zero-order valence-corrected chi connectivity index (χ0v) is 7.77. The fraction of sp³-hybridized carbons (Fsp3) is 0.778. The SMILES string of the molecule is CCCCCCCC=[CH][Co]. The number of allylic oxidation sites excluding steroid dienone is 1. The number of unbranched alkanes of at least 4 members (excludes halogenated alkanes) is 5. The third-order valence-corrected chi connectivity index (χ3v) is 1.80. The van der Waals surface area contributed by atoms with Crippen LogP contribution in [0, 0.1) is 0 Å². The zero-order valence-electron chi connectivity index (χ0n) is 6.73. The van der Waals surface area contributed by atoms with E-state index in [0.29, 0.717) is 0 Å². The van der Waals surface area contributed by atoms with Crippen molar-refractivity contribution in [3.63, 3.8) is 0 Å². The normalized spacial score (nSPS) is 11.1. The van der Waals surface area contributed by atoms with Gasteiger partial charge in [-0.1, -0.05) is 0 Å². The first-order valence-electron chi connectivity index (χ1n) is 4.14. The van der Waals surface area contributed by atoms with Crippen molar-refractivity contribution in [2.45, 2.75) is 45.4 Å². The summed E-state index contributed by atoms with van der Waals surface area (Å²) >= 11 is 4.03. The van der Waals surface area contributed by atoms with Gasteiger partial charge >= 0.3 is 72.3 Å². The second-order valence-corrected chi connectivity index (χ2v) is 2.90. The second-order valence-electron chi connectivity index (χ2n) is 2.55. The molecule has 0 saturated carbocycles. The molecule has 0 aliphatic carbocycles. The molecular formula is C9H17Co.